The molecule has 7 heteroatoms. The highest BCUT2D eigenvalue weighted by Crippen LogP contribution is 2.33. The van der Waals surface area contributed by atoms with Gasteiger partial charge >= 0.3 is 0 Å². The van der Waals surface area contributed by atoms with E-state index in [0.717, 1.165) is 42.0 Å². The van der Waals surface area contributed by atoms with E-state index in [4.69, 9.17) is 9.15 Å². The summed E-state index contributed by atoms with van der Waals surface area (Å²) in [5.74, 6) is 2.23. The maximum absolute atomic E-state index is 13.1. The molecule has 0 unspecified atom stereocenters. The average Bonchev–Trinajstić information content (AvgIpc) is 3.37. The van der Waals surface area contributed by atoms with Crippen molar-refractivity contribution < 1.29 is 13.9 Å². The Hall–Kier alpha value is -2.67. The molecule has 146 valence electrons. The van der Waals surface area contributed by atoms with Gasteiger partial charge in [-0.05, 0) is 32.3 Å². The van der Waals surface area contributed by atoms with E-state index in [1.54, 1.807) is 18.8 Å². The van der Waals surface area contributed by atoms with Crippen molar-refractivity contribution in [2.75, 3.05) is 13.7 Å². The number of para-hydroxylation sites is 1. The van der Waals surface area contributed by atoms with E-state index in [2.05, 4.69) is 9.97 Å². The number of thiazole rings is 1. The van der Waals surface area contributed by atoms with Gasteiger partial charge in [0.15, 0.2) is 0 Å². The smallest absolute Gasteiger partial charge is 0.266 e. The molecule has 0 radical (unpaired) electrons. The third kappa shape index (κ3) is 3.67. The van der Waals surface area contributed by atoms with Gasteiger partial charge in [-0.1, -0.05) is 18.2 Å². The molecule has 0 aliphatic carbocycles. The van der Waals surface area contributed by atoms with Gasteiger partial charge in [0.05, 0.1) is 24.5 Å². The van der Waals surface area contributed by atoms with E-state index < -0.39 is 0 Å². The lowest BCUT2D eigenvalue weighted by Gasteiger charge is -2.33. The SMILES string of the molecule is COc1ccccc1Cc1cnc([C@H]2CCCCN2C(=O)c2scnc2C)o1. The summed E-state index contributed by atoms with van der Waals surface area (Å²) >= 11 is 1.39. The van der Waals surface area contributed by atoms with Crippen molar-refractivity contribution in [1.29, 1.82) is 0 Å². The fraction of sp³-hybridized carbons (Fsp3) is 0.381. The number of likely N-dealkylation sites (tertiary alicyclic amines) is 1. The Kier molecular flexibility index (Phi) is 5.43. The zero-order chi connectivity index (χ0) is 19.5. The number of hydrogen-bond acceptors (Lipinski definition) is 6. The van der Waals surface area contributed by atoms with Gasteiger partial charge in [-0.25, -0.2) is 9.97 Å². The number of carbonyl (C=O) groups is 1. The average molecular weight is 398 g/mol. The Morgan fingerprint density at radius 3 is 2.96 bits per heavy atom. The topological polar surface area (TPSA) is 68.5 Å². The van der Waals surface area contributed by atoms with Crippen LogP contribution >= 0.6 is 11.3 Å². The van der Waals surface area contributed by atoms with E-state index in [1.165, 1.54) is 11.3 Å². The molecule has 0 spiro atoms. The fourth-order valence-corrected chi connectivity index (χ4v) is 4.42. The number of oxazole rings is 1. The lowest BCUT2D eigenvalue weighted by atomic mass is 10.0. The minimum Gasteiger partial charge on any atom is -0.496 e. The first-order valence-corrected chi connectivity index (χ1v) is 10.3. The molecule has 1 aliphatic rings. The van der Waals surface area contributed by atoms with E-state index in [-0.39, 0.29) is 11.9 Å². The molecule has 3 heterocycles. The number of aryl methyl sites for hydroxylation is 1. The molecule has 0 saturated carbocycles. The molecule has 4 rings (SSSR count). The van der Waals surface area contributed by atoms with Crippen molar-refractivity contribution >= 4 is 17.2 Å². The van der Waals surface area contributed by atoms with Crippen molar-refractivity contribution in [2.24, 2.45) is 0 Å². The first kappa shape index (κ1) is 18.7. The monoisotopic (exact) mass is 397 g/mol. The number of ether oxygens (including phenoxy) is 1. The summed E-state index contributed by atoms with van der Waals surface area (Å²) in [5, 5.41) is 0. The summed E-state index contributed by atoms with van der Waals surface area (Å²) < 4.78 is 11.5. The van der Waals surface area contributed by atoms with Crippen LogP contribution in [0.5, 0.6) is 5.75 Å². The standard InChI is InChI=1S/C21H23N3O3S/c1-14-19(28-13-23-14)21(25)24-10-6-5-8-17(24)20-22-12-16(27-20)11-15-7-3-4-9-18(15)26-2/h3-4,7,9,12-13,17H,5-6,8,10-11H2,1-2H3/t17-/m1/s1. The van der Waals surface area contributed by atoms with Crippen LogP contribution < -0.4 is 4.74 Å². The lowest BCUT2D eigenvalue weighted by molar-refractivity contribution is 0.0574. The van der Waals surface area contributed by atoms with Crippen molar-refractivity contribution in [1.82, 2.24) is 14.9 Å². The zero-order valence-electron chi connectivity index (χ0n) is 16.1. The quantitative estimate of drug-likeness (QED) is 0.638. The highest BCUT2D eigenvalue weighted by atomic mass is 32.1. The summed E-state index contributed by atoms with van der Waals surface area (Å²) in [7, 11) is 1.66. The Labute approximate surface area is 168 Å². The van der Waals surface area contributed by atoms with Gasteiger partial charge in [0.25, 0.3) is 5.91 Å². The molecule has 1 saturated heterocycles. The van der Waals surface area contributed by atoms with Crippen molar-refractivity contribution in [2.45, 2.75) is 38.6 Å². The number of hydrogen-bond donors (Lipinski definition) is 0. The van der Waals surface area contributed by atoms with Crippen LogP contribution in [0, 0.1) is 6.92 Å². The molecular formula is C21H23N3O3S. The molecule has 0 bridgehead atoms. The minimum atomic E-state index is -0.130. The van der Waals surface area contributed by atoms with Crippen molar-refractivity contribution in [3.05, 3.63) is 63.8 Å². The van der Waals surface area contributed by atoms with E-state index in [0.29, 0.717) is 23.7 Å². The third-order valence-corrected chi connectivity index (χ3v) is 6.03. The van der Waals surface area contributed by atoms with Gasteiger partial charge in [-0.15, -0.1) is 11.3 Å². The van der Waals surface area contributed by atoms with E-state index in [9.17, 15) is 4.79 Å². The number of amides is 1. The highest BCUT2D eigenvalue weighted by Gasteiger charge is 2.33. The zero-order valence-corrected chi connectivity index (χ0v) is 16.9. The fourth-order valence-electron chi connectivity index (χ4n) is 3.66. The predicted molar refractivity (Wildman–Crippen MR) is 107 cm³/mol. The first-order chi connectivity index (χ1) is 13.7. The number of piperidine rings is 1. The normalized spacial score (nSPS) is 16.9. The molecule has 0 N–H and O–H groups in total. The maximum atomic E-state index is 13.1. The lowest BCUT2D eigenvalue weighted by Crippen LogP contribution is -2.38. The Morgan fingerprint density at radius 2 is 2.18 bits per heavy atom. The second-order valence-electron chi connectivity index (χ2n) is 6.93. The molecule has 2 aromatic heterocycles. The van der Waals surface area contributed by atoms with Crippen LogP contribution in [0.1, 0.15) is 57.9 Å². The van der Waals surface area contributed by atoms with E-state index >= 15 is 0 Å². The van der Waals surface area contributed by atoms with Crippen LogP contribution in [0.15, 0.2) is 40.4 Å². The number of carbonyl (C=O) groups excluding carboxylic acids is 1. The van der Waals surface area contributed by atoms with E-state index in [1.807, 2.05) is 36.1 Å². The predicted octanol–water partition coefficient (Wildman–Crippen LogP) is 4.41. The van der Waals surface area contributed by atoms with Gasteiger partial charge in [0.1, 0.15) is 22.4 Å². The summed E-state index contributed by atoms with van der Waals surface area (Å²) in [6, 6.07) is 7.75. The van der Waals surface area contributed by atoms with Gasteiger partial charge in [-0.2, -0.15) is 0 Å². The van der Waals surface area contributed by atoms with Crippen LogP contribution in [0.25, 0.3) is 0 Å². The van der Waals surface area contributed by atoms with Gasteiger partial charge in [-0.3, -0.25) is 4.79 Å². The summed E-state index contributed by atoms with van der Waals surface area (Å²) in [5.41, 5.74) is 3.55. The van der Waals surface area contributed by atoms with Gasteiger partial charge in [0, 0.05) is 18.5 Å². The molecule has 1 atom stereocenters. The third-order valence-electron chi connectivity index (χ3n) is 5.12. The van der Waals surface area contributed by atoms with Crippen LogP contribution in [0.3, 0.4) is 0 Å². The van der Waals surface area contributed by atoms with Gasteiger partial charge in [0.2, 0.25) is 5.89 Å². The molecular weight excluding hydrogens is 374 g/mol. The summed E-state index contributed by atoms with van der Waals surface area (Å²) in [4.78, 5) is 24.4. The minimum absolute atomic E-state index is 0.0224. The first-order valence-electron chi connectivity index (χ1n) is 9.45. The summed E-state index contributed by atoms with van der Waals surface area (Å²) in [6.45, 7) is 2.59. The second-order valence-corrected chi connectivity index (χ2v) is 7.79. The number of methoxy groups -OCH3 is 1. The Bertz CT molecular complexity index is 965. The number of nitrogens with zero attached hydrogens (tertiary/aromatic N) is 3. The number of benzene rings is 1. The van der Waals surface area contributed by atoms with Crippen LogP contribution in [0.4, 0.5) is 0 Å². The largest absolute Gasteiger partial charge is 0.496 e. The number of rotatable bonds is 5. The second kappa shape index (κ2) is 8.14. The highest BCUT2D eigenvalue weighted by molar-refractivity contribution is 7.11. The summed E-state index contributed by atoms with van der Waals surface area (Å²) in [6.07, 6.45) is 5.27. The van der Waals surface area contributed by atoms with Crippen LogP contribution in [-0.4, -0.2) is 34.4 Å². The molecule has 1 amide bonds. The Balaban J connectivity index is 1.56. The molecule has 1 fully saturated rings. The van der Waals surface area contributed by atoms with Gasteiger partial charge < -0.3 is 14.1 Å². The Morgan fingerprint density at radius 1 is 1.32 bits per heavy atom. The van der Waals surface area contributed by atoms with Crippen LogP contribution in [-0.2, 0) is 6.42 Å². The van der Waals surface area contributed by atoms with Crippen molar-refractivity contribution in [3.63, 3.8) is 0 Å². The molecule has 1 aliphatic heterocycles. The maximum Gasteiger partial charge on any atom is 0.266 e. The molecule has 1 aromatic carbocycles. The number of aromatic nitrogens is 2. The van der Waals surface area contributed by atoms with Crippen LogP contribution in [0.2, 0.25) is 0 Å². The van der Waals surface area contributed by atoms with Crippen molar-refractivity contribution in [3.8, 4) is 5.75 Å². The molecule has 3 aromatic rings. The molecule has 6 nitrogen and oxygen atoms in total. The molecule has 28 heavy (non-hydrogen) atoms.